The van der Waals surface area contributed by atoms with Gasteiger partial charge in [0.1, 0.15) is 18.6 Å². The lowest BCUT2D eigenvalue weighted by Gasteiger charge is -2.08. The average molecular weight is 369 g/mol. The molecule has 1 N–H and O–H groups in total. The van der Waals surface area contributed by atoms with Crippen LogP contribution in [0.3, 0.4) is 0 Å². The summed E-state index contributed by atoms with van der Waals surface area (Å²) < 4.78 is 5.94. The van der Waals surface area contributed by atoms with Crippen LogP contribution in [0.2, 0.25) is 0 Å². The van der Waals surface area contributed by atoms with Crippen molar-refractivity contribution in [2.24, 2.45) is 0 Å². The van der Waals surface area contributed by atoms with Crippen LogP contribution >= 0.6 is 11.3 Å². The highest BCUT2D eigenvalue weighted by atomic mass is 32.1. The molecule has 0 atom stereocenters. The van der Waals surface area contributed by atoms with Crippen molar-refractivity contribution >= 4 is 29.0 Å². The molecule has 0 aliphatic carbocycles. The summed E-state index contributed by atoms with van der Waals surface area (Å²) in [6.45, 7) is 0.0679. The maximum absolute atomic E-state index is 12.4. The summed E-state index contributed by atoms with van der Waals surface area (Å²) in [6.07, 6.45) is 1.61. The third-order valence-electron chi connectivity index (χ3n) is 3.46. The molecule has 0 radical (unpaired) electrons. The van der Waals surface area contributed by atoms with Gasteiger partial charge in [-0.2, -0.15) is 0 Å². The molecule has 0 saturated heterocycles. The SMILES string of the molecule is O=C(Nc1cncn(C(=O)Cc2cccs2)c1=O)OCc1ccccc1. The smallest absolute Gasteiger partial charge is 0.412 e. The molecule has 0 aliphatic heterocycles. The molecule has 7 nitrogen and oxygen atoms in total. The van der Waals surface area contributed by atoms with Crippen molar-refractivity contribution in [2.75, 3.05) is 5.32 Å². The van der Waals surface area contributed by atoms with Crippen molar-refractivity contribution in [3.05, 3.63) is 81.2 Å². The Labute approximate surface area is 152 Å². The predicted molar refractivity (Wildman–Crippen MR) is 97.4 cm³/mol. The number of hydrogen-bond donors (Lipinski definition) is 1. The second-order valence-corrected chi connectivity index (χ2v) is 6.35. The van der Waals surface area contributed by atoms with Gasteiger partial charge >= 0.3 is 6.09 Å². The van der Waals surface area contributed by atoms with E-state index in [-0.39, 0.29) is 18.7 Å². The predicted octanol–water partition coefficient (Wildman–Crippen LogP) is 2.94. The van der Waals surface area contributed by atoms with Crippen LogP contribution in [0, 0.1) is 0 Å². The first-order valence-corrected chi connectivity index (χ1v) is 8.61. The number of rotatable bonds is 5. The van der Waals surface area contributed by atoms with Gasteiger partial charge in [-0.3, -0.25) is 14.9 Å². The van der Waals surface area contributed by atoms with Crippen LogP contribution in [0.5, 0.6) is 0 Å². The van der Waals surface area contributed by atoms with Crippen molar-refractivity contribution in [1.82, 2.24) is 9.55 Å². The quantitative estimate of drug-likeness (QED) is 0.747. The third kappa shape index (κ3) is 4.42. The van der Waals surface area contributed by atoms with E-state index in [9.17, 15) is 14.4 Å². The van der Waals surface area contributed by atoms with Gasteiger partial charge in [0.25, 0.3) is 5.56 Å². The topological polar surface area (TPSA) is 90.3 Å². The summed E-state index contributed by atoms with van der Waals surface area (Å²) >= 11 is 1.42. The molecular formula is C18H15N3O4S. The van der Waals surface area contributed by atoms with Gasteiger partial charge in [-0.15, -0.1) is 11.3 Å². The molecule has 26 heavy (non-hydrogen) atoms. The monoisotopic (exact) mass is 369 g/mol. The number of hydrogen-bond acceptors (Lipinski definition) is 6. The maximum atomic E-state index is 12.4. The number of thiophene rings is 1. The summed E-state index contributed by atoms with van der Waals surface area (Å²) in [5.74, 6) is -0.425. The van der Waals surface area contributed by atoms with E-state index in [1.807, 2.05) is 47.8 Å². The molecule has 0 fully saturated rings. The second-order valence-electron chi connectivity index (χ2n) is 5.32. The van der Waals surface area contributed by atoms with E-state index in [0.29, 0.717) is 0 Å². The number of amides is 1. The molecular weight excluding hydrogens is 354 g/mol. The molecule has 3 aromatic rings. The minimum Gasteiger partial charge on any atom is -0.444 e. The van der Waals surface area contributed by atoms with Crippen LogP contribution in [0.15, 0.2) is 65.2 Å². The largest absolute Gasteiger partial charge is 0.444 e. The summed E-state index contributed by atoms with van der Waals surface area (Å²) in [6, 6.07) is 12.8. The number of benzene rings is 1. The highest BCUT2D eigenvalue weighted by Crippen LogP contribution is 2.10. The van der Waals surface area contributed by atoms with E-state index >= 15 is 0 Å². The minimum absolute atomic E-state index is 0.0679. The molecule has 3 rings (SSSR count). The zero-order chi connectivity index (χ0) is 18.4. The standard InChI is InChI=1S/C18H15N3O4S/c22-16(9-14-7-4-8-26-14)21-12-19-10-15(17(21)23)20-18(24)25-11-13-5-2-1-3-6-13/h1-8,10,12H,9,11H2,(H,20,24). The maximum Gasteiger partial charge on any atom is 0.412 e. The molecule has 0 aliphatic rings. The van der Waals surface area contributed by atoms with E-state index in [1.54, 1.807) is 0 Å². The van der Waals surface area contributed by atoms with Gasteiger partial charge in [-0.05, 0) is 17.0 Å². The number of carbonyl (C=O) groups is 2. The van der Waals surface area contributed by atoms with Gasteiger partial charge in [-0.1, -0.05) is 36.4 Å². The Morgan fingerprint density at radius 3 is 2.69 bits per heavy atom. The second kappa shape index (κ2) is 8.21. The Bertz CT molecular complexity index is 952. The normalized spacial score (nSPS) is 10.3. The van der Waals surface area contributed by atoms with Crippen LogP contribution < -0.4 is 10.9 Å². The fourth-order valence-electron chi connectivity index (χ4n) is 2.19. The molecule has 132 valence electrons. The molecule has 2 aromatic heterocycles. The lowest BCUT2D eigenvalue weighted by atomic mass is 10.2. The van der Waals surface area contributed by atoms with E-state index in [2.05, 4.69) is 10.3 Å². The number of nitrogens with zero attached hydrogens (tertiary/aromatic N) is 2. The van der Waals surface area contributed by atoms with Gasteiger partial charge in [0.05, 0.1) is 12.6 Å². The van der Waals surface area contributed by atoms with Gasteiger partial charge in [-0.25, -0.2) is 14.3 Å². The fourth-order valence-corrected chi connectivity index (χ4v) is 2.89. The molecule has 0 saturated carbocycles. The molecule has 1 amide bonds. The number of anilines is 1. The van der Waals surface area contributed by atoms with Crippen LogP contribution in [0.1, 0.15) is 15.2 Å². The van der Waals surface area contributed by atoms with E-state index in [4.69, 9.17) is 4.74 Å². The van der Waals surface area contributed by atoms with Crippen molar-refractivity contribution in [3.63, 3.8) is 0 Å². The molecule has 1 aromatic carbocycles. The van der Waals surface area contributed by atoms with Crippen molar-refractivity contribution in [2.45, 2.75) is 13.0 Å². The molecule has 0 spiro atoms. The van der Waals surface area contributed by atoms with E-state index in [1.165, 1.54) is 17.5 Å². The number of nitrogens with one attached hydrogen (secondary N) is 1. The third-order valence-corrected chi connectivity index (χ3v) is 4.34. The molecule has 0 bridgehead atoms. The minimum atomic E-state index is -0.795. The van der Waals surface area contributed by atoms with Crippen molar-refractivity contribution in [3.8, 4) is 0 Å². The van der Waals surface area contributed by atoms with Gasteiger partial charge in [0.2, 0.25) is 5.91 Å². The average Bonchev–Trinajstić information content (AvgIpc) is 3.15. The Kier molecular flexibility index (Phi) is 5.55. The van der Waals surface area contributed by atoms with Gasteiger partial charge < -0.3 is 4.74 Å². The molecule has 0 unspecified atom stereocenters. The van der Waals surface area contributed by atoms with Gasteiger partial charge in [0, 0.05) is 4.88 Å². The highest BCUT2D eigenvalue weighted by molar-refractivity contribution is 7.10. The van der Waals surface area contributed by atoms with Crippen LogP contribution in [-0.4, -0.2) is 21.6 Å². The van der Waals surface area contributed by atoms with E-state index in [0.717, 1.165) is 21.3 Å². The lowest BCUT2D eigenvalue weighted by molar-refractivity contribution is 0.0909. The van der Waals surface area contributed by atoms with Crippen LogP contribution in [-0.2, 0) is 17.8 Å². The highest BCUT2D eigenvalue weighted by Gasteiger charge is 2.14. The fraction of sp³-hybridized carbons (Fsp3) is 0.111. The molecule has 8 heteroatoms. The summed E-state index contributed by atoms with van der Waals surface area (Å²) in [5.41, 5.74) is 0.0423. The Balaban J connectivity index is 1.66. The lowest BCUT2D eigenvalue weighted by Crippen LogP contribution is -2.31. The Morgan fingerprint density at radius 1 is 1.15 bits per heavy atom. The van der Waals surface area contributed by atoms with Gasteiger partial charge in [0.15, 0.2) is 0 Å². The Morgan fingerprint density at radius 2 is 1.96 bits per heavy atom. The molecule has 2 heterocycles. The zero-order valence-electron chi connectivity index (χ0n) is 13.6. The van der Waals surface area contributed by atoms with Crippen LogP contribution in [0.25, 0.3) is 0 Å². The summed E-state index contributed by atoms with van der Waals surface area (Å²) in [7, 11) is 0. The number of ether oxygens (including phenoxy) is 1. The number of carbonyl (C=O) groups excluding carboxylic acids is 2. The first-order valence-electron chi connectivity index (χ1n) is 7.73. The first kappa shape index (κ1) is 17.6. The van der Waals surface area contributed by atoms with E-state index < -0.39 is 17.6 Å². The van der Waals surface area contributed by atoms with Crippen LogP contribution in [0.4, 0.5) is 10.5 Å². The summed E-state index contributed by atoms with van der Waals surface area (Å²) in [5, 5.41) is 4.18. The summed E-state index contributed by atoms with van der Waals surface area (Å²) in [4.78, 5) is 41.2. The first-order chi connectivity index (χ1) is 12.6. The number of aromatic nitrogens is 2. The van der Waals surface area contributed by atoms with Crippen molar-refractivity contribution < 1.29 is 14.3 Å². The zero-order valence-corrected chi connectivity index (χ0v) is 14.4. The van der Waals surface area contributed by atoms with Crippen molar-refractivity contribution in [1.29, 1.82) is 0 Å². The Hall–Kier alpha value is -3.26.